The van der Waals surface area contributed by atoms with Crippen molar-refractivity contribution in [2.45, 2.75) is 18.9 Å². The molecule has 2 atom stereocenters. The van der Waals surface area contributed by atoms with E-state index in [1.807, 2.05) is 42.6 Å². The first-order valence-electron chi connectivity index (χ1n) is 4.91. The van der Waals surface area contributed by atoms with Crippen LogP contribution in [0.5, 0.6) is 0 Å². The maximum Gasteiger partial charge on any atom is 0.0962 e. The van der Waals surface area contributed by atoms with Gasteiger partial charge in [0.2, 0.25) is 0 Å². The number of thiophene rings is 1. The number of rotatable bonds is 3. The zero-order valence-electron chi connectivity index (χ0n) is 8.50. The Labute approximate surface area is 93.2 Å². The van der Waals surface area contributed by atoms with Crippen molar-refractivity contribution in [3.05, 3.63) is 52.5 Å². The van der Waals surface area contributed by atoms with Crippen LogP contribution < -0.4 is 0 Å². The summed E-state index contributed by atoms with van der Waals surface area (Å²) < 4.78 is 0. The summed E-state index contributed by atoms with van der Waals surface area (Å²) in [6, 6.07) is 9.68. The van der Waals surface area contributed by atoms with Crippen molar-refractivity contribution >= 4 is 11.3 Å². The van der Waals surface area contributed by atoms with Gasteiger partial charge in [-0.3, -0.25) is 4.98 Å². The van der Waals surface area contributed by atoms with Gasteiger partial charge in [-0.15, -0.1) is 11.3 Å². The van der Waals surface area contributed by atoms with E-state index < -0.39 is 6.10 Å². The lowest BCUT2D eigenvalue weighted by molar-refractivity contribution is 0.153. The van der Waals surface area contributed by atoms with E-state index in [9.17, 15) is 5.11 Å². The highest BCUT2D eigenvalue weighted by molar-refractivity contribution is 7.10. The minimum Gasteiger partial charge on any atom is -0.387 e. The smallest absolute Gasteiger partial charge is 0.0962 e. The van der Waals surface area contributed by atoms with Crippen molar-refractivity contribution in [2.24, 2.45) is 0 Å². The Morgan fingerprint density at radius 3 is 2.73 bits per heavy atom. The lowest BCUT2D eigenvalue weighted by atomic mass is 9.99. The van der Waals surface area contributed by atoms with Crippen LogP contribution in [0, 0.1) is 0 Å². The van der Waals surface area contributed by atoms with Gasteiger partial charge in [-0.05, 0) is 23.6 Å². The van der Waals surface area contributed by atoms with Gasteiger partial charge >= 0.3 is 0 Å². The van der Waals surface area contributed by atoms with E-state index in [0.29, 0.717) is 0 Å². The molecule has 0 spiro atoms. The molecule has 0 aliphatic heterocycles. The molecular formula is C12H13NOS. The molecular weight excluding hydrogens is 206 g/mol. The monoisotopic (exact) mass is 219 g/mol. The van der Waals surface area contributed by atoms with Gasteiger partial charge in [-0.25, -0.2) is 0 Å². The predicted molar refractivity (Wildman–Crippen MR) is 61.9 cm³/mol. The highest BCUT2D eigenvalue weighted by Crippen LogP contribution is 2.31. The predicted octanol–water partition coefficient (Wildman–Crippen LogP) is 2.98. The molecule has 0 radical (unpaired) electrons. The third-order valence-electron chi connectivity index (χ3n) is 2.46. The minimum absolute atomic E-state index is 0.0323. The van der Waals surface area contributed by atoms with Crippen LogP contribution in [0.3, 0.4) is 0 Å². The second kappa shape index (κ2) is 4.55. The Kier molecular flexibility index (Phi) is 3.14. The fourth-order valence-electron chi connectivity index (χ4n) is 1.51. The zero-order chi connectivity index (χ0) is 10.7. The van der Waals surface area contributed by atoms with E-state index >= 15 is 0 Å². The number of aromatic nitrogens is 1. The van der Waals surface area contributed by atoms with Gasteiger partial charge in [0.15, 0.2) is 0 Å². The lowest BCUT2D eigenvalue weighted by Crippen LogP contribution is -2.07. The molecule has 3 heteroatoms. The SMILES string of the molecule is CC(c1ccccn1)C(O)c1cccs1. The molecule has 0 aliphatic rings. The summed E-state index contributed by atoms with van der Waals surface area (Å²) in [7, 11) is 0. The molecule has 0 aliphatic carbocycles. The van der Waals surface area contributed by atoms with Crippen LogP contribution in [0.1, 0.15) is 29.5 Å². The number of aliphatic hydroxyl groups is 1. The van der Waals surface area contributed by atoms with E-state index in [4.69, 9.17) is 0 Å². The molecule has 78 valence electrons. The molecule has 15 heavy (non-hydrogen) atoms. The molecule has 0 amide bonds. The highest BCUT2D eigenvalue weighted by Gasteiger charge is 2.19. The van der Waals surface area contributed by atoms with Gasteiger partial charge in [0.05, 0.1) is 6.10 Å². The van der Waals surface area contributed by atoms with Crippen LogP contribution in [-0.4, -0.2) is 10.1 Å². The van der Waals surface area contributed by atoms with Crippen LogP contribution in [0.25, 0.3) is 0 Å². The summed E-state index contributed by atoms with van der Waals surface area (Å²) in [5, 5.41) is 12.1. The van der Waals surface area contributed by atoms with E-state index in [2.05, 4.69) is 4.98 Å². The van der Waals surface area contributed by atoms with Gasteiger partial charge in [0.1, 0.15) is 0 Å². The van der Waals surface area contributed by atoms with Gasteiger partial charge < -0.3 is 5.11 Å². The van der Waals surface area contributed by atoms with E-state index in [1.165, 1.54) is 0 Å². The van der Waals surface area contributed by atoms with Crippen LogP contribution >= 0.6 is 11.3 Å². The molecule has 0 saturated carbocycles. The summed E-state index contributed by atoms with van der Waals surface area (Å²) in [4.78, 5) is 5.25. The maximum atomic E-state index is 10.1. The Bertz CT molecular complexity index is 399. The number of hydrogen-bond acceptors (Lipinski definition) is 3. The van der Waals surface area contributed by atoms with Crippen molar-refractivity contribution in [3.8, 4) is 0 Å². The minimum atomic E-state index is -0.458. The second-order valence-electron chi connectivity index (χ2n) is 3.50. The second-order valence-corrected chi connectivity index (χ2v) is 4.48. The van der Waals surface area contributed by atoms with Crippen molar-refractivity contribution < 1.29 is 5.11 Å². The molecule has 0 saturated heterocycles. The zero-order valence-corrected chi connectivity index (χ0v) is 9.32. The first kappa shape index (κ1) is 10.3. The first-order valence-corrected chi connectivity index (χ1v) is 5.79. The van der Waals surface area contributed by atoms with Crippen molar-refractivity contribution in [1.29, 1.82) is 0 Å². The number of nitrogens with zero attached hydrogens (tertiary/aromatic N) is 1. The first-order chi connectivity index (χ1) is 7.29. The third kappa shape index (κ3) is 2.25. The summed E-state index contributed by atoms with van der Waals surface area (Å²) in [5.74, 6) is 0.0323. The van der Waals surface area contributed by atoms with Crippen molar-refractivity contribution in [3.63, 3.8) is 0 Å². The molecule has 2 aromatic rings. The maximum absolute atomic E-state index is 10.1. The Morgan fingerprint density at radius 1 is 1.27 bits per heavy atom. The summed E-state index contributed by atoms with van der Waals surface area (Å²) in [6.45, 7) is 1.99. The van der Waals surface area contributed by atoms with Crippen LogP contribution in [-0.2, 0) is 0 Å². The Balaban J connectivity index is 2.18. The van der Waals surface area contributed by atoms with Crippen LogP contribution in [0.2, 0.25) is 0 Å². The Morgan fingerprint density at radius 2 is 2.13 bits per heavy atom. The van der Waals surface area contributed by atoms with Gasteiger partial charge in [0.25, 0.3) is 0 Å². The Hall–Kier alpha value is -1.19. The third-order valence-corrected chi connectivity index (χ3v) is 3.41. The van der Waals surface area contributed by atoms with E-state index in [-0.39, 0.29) is 5.92 Å². The average Bonchev–Trinajstić information content (AvgIpc) is 2.82. The van der Waals surface area contributed by atoms with Crippen molar-refractivity contribution in [2.75, 3.05) is 0 Å². The number of pyridine rings is 1. The molecule has 0 aromatic carbocycles. The van der Waals surface area contributed by atoms with Crippen LogP contribution in [0.4, 0.5) is 0 Å². The summed E-state index contributed by atoms with van der Waals surface area (Å²) in [5.41, 5.74) is 0.929. The average molecular weight is 219 g/mol. The van der Waals surface area contributed by atoms with E-state index in [1.54, 1.807) is 17.5 Å². The van der Waals surface area contributed by atoms with Gasteiger partial charge in [-0.2, -0.15) is 0 Å². The fraction of sp³-hybridized carbons (Fsp3) is 0.250. The lowest BCUT2D eigenvalue weighted by Gasteiger charge is -2.16. The van der Waals surface area contributed by atoms with Gasteiger partial charge in [-0.1, -0.05) is 19.1 Å². The molecule has 0 bridgehead atoms. The standard InChI is InChI=1S/C12H13NOS/c1-9(10-5-2-3-7-13-10)12(14)11-6-4-8-15-11/h2-9,12,14H,1H3. The van der Waals surface area contributed by atoms with Crippen LogP contribution in [0.15, 0.2) is 41.9 Å². The highest BCUT2D eigenvalue weighted by atomic mass is 32.1. The topological polar surface area (TPSA) is 33.1 Å². The molecule has 1 N–H and O–H groups in total. The van der Waals surface area contributed by atoms with E-state index in [0.717, 1.165) is 10.6 Å². The summed E-state index contributed by atoms with van der Waals surface area (Å²) >= 11 is 1.58. The van der Waals surface area contributed by atoms with Gasteiger partial charge in [0, 0.05) is 22.7 Å². The number of hydrogen-bond donors (Lipinski definition) is 1. The molecule has 2 aromatic heterocycles. The quantitative estimate of drug-likeness (QED) is 0.861. The molecule has 0 fully saturated rings. The number of aliphatic hydroxyl groups excluding tert-OH is 1. The molecule has 2 heterocycles. The van der Waals surface area contributed by atoms with Crippen molar-refractivity contribution in [1.82, 2.24) is 4.98 Å². The largest absolute Gasteiger partial charge is 0.387 e. The normalized spacial score (nSPS) is 14.8. The molecule has 2 rings (SSSR count). The molecule has 2 nitrogen and oxygen atoms in total. The fourth-order valence-corrected chi connectivity index (χ4v) is 2.33. The molecule has 2 unspecified atom stereocenters. The summed E-state index contributed by atoms with van der Waals surface area (Å²) in [6.07, 6.45) is 1.30.